The fraction of sp³-hybridized carbons (Fsp3) is 0.562. The number of anilines is 1. The largest absolute Gasteiger partial charge is 0.469 e. The number of quaternary nitrogens is 1. The maximum atomic E-state index is 6.19. The van der Waals surface area contributed by atoms with Gasteiger partial charge in [-0.25, -0.2) is 4.52 Å². The van der Waals surface area contributed by atoms with Crippen molar-refractivity contribution >= 4 is 11.2 Å². The number of aryl methyl sites for hydroxylation is 2. The first-order valence-corrected chi connectivity index (χ1v) is 7.70. The summed E-state index contributed by atoms with van der Waals surface area (Å²) in [7, 11) is 2.30. The number of aromatic nitrogens is 2. The fourth-order valence-corrected chi connectivity index (χ4v) is 3.27. The summed E-state index contributed by atoms with van der Waals surface area (Å²) in [6.45, 7) is 8.30. The zero-order valence-corrected chi connectivity index (χ0v) is 13.2. The SMILES string of the molecule is Cc1cc(C)n2nc(OCC[N+]3(C)CCCC3)c(N)c2c1. The van der Waals surface area contributed by atoms with Crippen molar-refractivity contribution in [3.05, 3.63) is 23.4 Å². The summed E-state index contributed by atoms with van der Waals surface area (Å²) in [5.74, 6) is 0.564. The Hall–Kier alpha value is -1.75. The van der Waals surface area contributed by atoms with E-state index >= 15 is 0 Å². The topological polar surface area (TPSA) is 52.5 Å². The second kappa shape index (κ2) is 5.22. The number of hydrogen-bond acceptors (Lipinski definition) is 3. The minimum absolute atomic E-state index is 0.564. The lowest BCUT2D eigenvalue weighted by Crippen LogP contribution is -2.43. The van der Waals surface area contributed by atoms with E-state index in [2.05, 4.69) is 31.2 Å². The van der Waals surface area contributed by atoms with Crippen LogP contribution in [0.15, 0.2) is 12.1 Å². The summed E-state index contributed by atoms with van der Waals surface area (Å²) in [6.07, 6.45) is 2.65. The van der Waals surface area contributed by atoms with Crippen LogP contribution >= 0.6 is 0 Å². The Balaban J connectivity index is 1.75. The molecule has 0 unspecified atom stereocenters. The van der Waals surface area contributed by atoms with Gasteiger partial charge in [0.25, 0.3) is 5.88 Å². The maximum Gasteiger partial charge on any atom is 0.257 e. The third-order valence-electron chi connectivity index (χ3n) is 4.58. The van der Waals surface area contributed by atoms with Crippen LogP contribution in [-0.4, -0.2) is 47.4 Å². The van der Waals surface area contributed by atoms with Gasteiger partial charge in [-0.05, 0) is 31.5 Å². The van der Waals surface area contributed by atoms with Gasteiger partial charge in [-0.3, -0.25) is 0 Å². The molecule has 0 aliphatic carbocycles. The van der Waals surface area contributed by atoms with Crippen LogP contribution in [0, 0.1) is 13.8 Å². The summed E-state index contributed by atoms with van der Waals surface area (Å²) in [4.78, 5) is 0. The molecule has 1 saturated heterocycles. The maximum absolute atomic E-state index is 6.19. The Kier molecular flexibility index (Phi) is 3.53. The van der Waals surface area contributed by atoms with Crippen molar-refractivity contribution in [2.75, 3.05) is 39.0 Å². The standard InChI is InChI=1S/C16H25N4O/c1-12-10-13(2)19-14(11-12)15(17)16(18-19)21-9-8-20(3)6-4-5-7-20/h10-11H,4-9,17H2,1-3H3/q+1. The molecule has 0 atom stereocenters. The van der Waals surface area contributed by atoms with E-state index in [4.69, 9.17) is 10.5 Å². The Morgan fingerprint density at radius 3 is 2.71 bits per heavy atom. The molecule has 2 aromatic rings. The molecule has 0 aromatic carbocycles. The van der Waals surface area contributed by atoms with Crippen LogP contribution in [0.2, 0.25) is 0 Å². The number of ether oxygens (including phenoxy) is 1. The Morgan fingerprint density at radius 1 is 1.29 bits per heavy atom. The molecule has 0 saturated carbocycles. The van der Waals surface area contributed by atoms with Crippen molar-refractivity contribution in [1.29, 1.82) is 0 Å². The van der Waals surface area contributed by atoms with Crippen molar-refractivity contribution in [2.24, 2.45) is 0 Å². The molecule has 1 aliphatic rings. The molecule has 0 amide bonds. The molecular weight excluding hydrogens is 264 g/mol. The van der Waals surface area contributed by atoms with E-state index in [9.17, 15) is 0 Å². The number of nitrogen functional groups attached to an aromatic ring is 1. The van der Waals surface area contributed by atoms with E-state index < -0.39 is 0 Å². The number of likely N-dealkylation sites (tertiary alicyclic amines) is 1. The number of likely N-dealkylation sites (N-methyl/N-ethyl adjacent to an activating group) is 1. The van der Waals surface area contributed by atoms with Gasteiger partial charge in [-0.2, -0.15) is 0 Å². The summed E-state index contributed by atoms with van der Waals surface area (Å²) in [5, 5.41) is 4.50. The molecule has 5 heteroatoms. The minimum atomic E-state index is 0.564. The Morgan fingerprint density at radius 2 is 2.00 bits per heavy atom. The van der Waals surface area contributed by atoms with E-state index in [-0.39, 0.29) is 0 Å². The van der Waals surface area contributed by atoms with Crippen molar-refractivity contribution in [3.8, 4) is 5.88 Å². The predicted molar refractivity (Wildman–Crippen MR) is 84.6 cm³/mol. The highest BCUT2D eigenvalue weighted by Crippen LogP contribution is 2.27. The average molecular weight is 289 g/mol. The molecule has 3 rings (SSSR count). The van der Waals surface area contributed by atoms with Crippen molar-refractivity contribution in [1.82, 2.24) is 9.61 Å². The van der Waals surface area contributed by atoms with E-state index in [0.717, 1.165) is 22.2 Å². The smallest absolute Gasteiger partial charge is 0.257 e. The molecule has 2 N–H and O–H groups in total. The number of hydrogen-bond donors (Lipinski definition) is 1. The lowest BCUT2D eigenvalue weighted by atomic mass is 10.2. The number of fused-ring (bicyclic) bond motifs is 1. The van der Waals surface area contributed by atoms with E-state index in [1.165, 1.54) is 31.5 Å². The minimum Gasteiger partial charge on any atom is -0.469 e. The third kappa shape index (κ3) is 2.70. The Bertz CT molecular complexity index is 656. The monoisotopic (exact) mass is 289 g/mol. The van der Waals surface area contributed by atoms with Crippen LogP contribution in [0.4, 0.5) is 5.69 Å². The predicted octanol–water partition coefficient (Wildman–Crippen LogP) is 2.15. The highest BCUT2D eigenvalue weighted by molar-refractivity contribution is 5.75. The van der Waals surface area contributed by atoms with E-state index in [1.54, 1.807) is 0 Å². The number of rotatable bonds is 4. The van der Waals surface area contributed by atoms with Crippen LogP contribution in [0.25, 0.3) is 5.52 Å². The lowest BCUT2D eigenvalue weighted by molar-refractivity contribution is -0.897. The van der Waals surface area contributed by atoms with Crippen molar-refractivity contribution in [2.45, 2.75) is 26.7 Å². The van der Waals surface area contributed by atoms with Gasteiger partial charge in [0.2, 0.25) is 0 Å². The molecule has 5 nitrogen and oxygen atoms in total. The summed E-state index contributed by atoms with van der Waals surface area (Å²) in [5.41, 5.74) is 10.0. The molecule has 114 valence electrons. The lowest BCUT2D eigenvalue weighted by Gasteiger charge is -2.28. The van der Waals surface area contributed by atoms with Crippen LogP contribution in [0.3, 0.4) is 0 Å². The zero-order valence-electron chi connectivity index (χ0n) is 13.2. The molecule has 3 heterocycles. The Labute approximate surface area is 125 Å². The summed E-state index contributed by atoms with van der Waals surface area (Å²) in [6, 6.07) is 4.15. The van der Waals surface area contributed by atoms with Crippen LogP contribution in [0.1, 0.15) is 24.1 Å². The molecule has 2 aromatic heterocycles. The number of nitrogens with zero attached hydrogens (tertiary/aromatic N) is 3. The number of pyridine rings is 1. The molecule has 0 radical (unpaired) electrons. The van der Waals surface area contributed by atoms with Gasteiger partial charge in [0.1, 0.15) is 18.8 Å². The highest BCUT2D eigenvalue weighted by Gasteiger charge is 2.26. The van der Waals surface area contributed by atoms with E-state index in [0.29, 0.717) is 18.2 Å². The van der Waals surface area contributed by atoms with Crippen LogP contribution in [0.5, 0.6) is 5.88 Å². The third-order valence-corrected chi connectivity index (χ3v) is 4.58. The second-order valence-electron chi connectivity index (χ2n) is 6.54. The van der Waals surface area contributed by atoms with Gasteiger partial charge in [-0.1, -0.05) is 0 Å². The van der Waals surface area contributed by atoms with Crippen molar-refractivity contribution in [3.63, 3.8) is 0 Å². The quantitative estimate of drug-likeness (QED) is 0.878. The first kappa shape index (κ1) is 14.2. The molecule has 1 fully saturated rings. The van der Waals surface area contributed by atoms with Gasteiger partial charge >= 0.3 is 0 Å². The van der Waals surface area contributed by atoms with Crippen molar-refractivity contribution < 1.29 is 9.22 Å². The van der Waals surface area contributed by atoms with Gasteiger partial charge in [0, 0.05) is 18.5 Å². The molecule has 0 bridgehead atoms. The molecular formula is C16H25N4O+. The van der Waals surface area contributed by atoms with E-state index in [1.807, 2.05) is 11.4 Å². The van der Waals surface area contributed by atoms with Crippen LogP contribution in [-0.2, 0) is 0 Å². The molecule has 21 heavy (non-hydrogen) atoms. The van der Waals surface area contributed by atoms with Crippen LogP contribution < -0.4 is 10.5 Å². The zero-order chi connectivity index (χ0) is 15.0. The first-order chi connectivity index (χ1) is 9.98. The number of nitrogens with two attached hydrogens (primary N) is 1. The van der Waals surface area contributed by atoms with Gasteiger partial charge < -0.3 is 15.0 Å². The van der Waals surface area contributed by atoms with Gasteiger partial charge in [0.05, 0.1) is 25.7 Å². The normalized spacial score (nSPS) is 17.5. The fourth-order valence-electron chi connectivity index (χ4n) is 3.27. The first-order valence-electron chi connectivity index (χ1n) is 7.70. The second-order valence-corrected chi connectivity index (χ2v) is 6.54. The van der Waals surface area contributed by atoms with Gasteiger partial charge in [-0.15, -0.1) is 5.10 Å². The highest BCUT2D eigenvalue weighted by atomic mass is 16.5. The molecule has 0 spiro atoms. The summed E-state index contributed by atoms with van der Waals surface area (Å²) >= 11 is 0. The summed E-state index contributed by atoms with van der Waals surface area (Å²) < 4.78 is 8.84. The molecule has 1 aliphatic heterocycles. The average Bonchev–Trinajstić information content (AvgIpc) is 2.97. The van der Waals surface area contributed by atoms with Gasteiger partial charge in [0.15, 0.2) is 0 Å².